The summed E-state index contributed by atoms with van der Waals surface area (Å²) in [5, 5.41) is 7.25. The number of rotatable bonds is 4. The van der Waals surface area contributed by atoms with Crippen LogP contribution < -0.4 is 10.6 Å². The standard InChI is InChI=1S/C21H24FN5/c1-13-16-7-6-15(9-14(16)5-4-8-23-13)17-10-24-19-18(17)11-25-20(27-19)26-12-21(2,3)22/h6-7,9-11,23H,1,4-5,8,12H2,2-3H3,(H2,24,25,26,27). The topological polar surface area (TPSA) is 65.6 Å². The summed E-state index contributed by atoms with van der Waals surface area (Å²) in [5.74, 6) is 0.422. The predicted molar refractivity (Wildman–Crippen MR) is 108 cm³/mol. The van der Waals surface area contributed by atoms with Crippen LogP contribution in [0.15, 0.2) is 37.2 Å². The lowest BCUT2D eigenvalue weighted by Crippen LogP contribution is -2.25. The van der Waals surface area contributed by atoms with Crippen molar-refractivity contribution < 1.29 is 4.39 Å². The molecule has 0 amide bonds. The minimum absolute atomic E-state index is 0.162. The van der Waals surface area contributed by atoms with Crippen LogP contribution >= 0.6 is 0 Å². The van der Waals surface area contributed by atoms with E-state index in [1.54, 1.807) is 6.20 Å². The van der Waals surface area contributed by atoms with Gasteiger partial charge in [0.25, 0.3) is 0 Å². The molecule has 0 saturated carbocycles. The number of H-pyrrole nitrogens is 1. The van der Waals surface area contributed by atoms with Gasteiger partial charge in [-0.2, -0.15) is 4.98 Å². The second-order valence-electron chi connectivity index (χ2n) is 7.61. The number of aromatic amines is 1. The van der Waals surface area contributed by atoms with Crippen molar-refractivity contribution in [3.8, 4) is 11.1 Å². The molecule has 3 aromatic rings. The minimum Gasteiger partial charge on any atom is -0.385 e. The Balaban J connectivity index is 1.66. The molecule has 6 heteroatoms. The van der Waals surface area contributed by atoms with Crippen LogP contribution in [0.25, 0.3) is 27.9 Å². The van der Waals surface area contributed by atoms with Crippen LogP contribution in [-0.4, -0.2) is 33.7 Å². The third-order valence-electron chi connectivity index (χ3n) is 4.80. The first-order chi connectivity index (χ1) is 12.9. The first kappa shape index (κ1) is 17.5. The van der Waals surface area contributed by atoms with Gasteiger partial charge >= 0.3 is 0 Å². The van der Waals surface area contributed by atoms with E-state index in [2.05, 4.69) is 50.4 Å². The zero-order chi connectivity index (χ0) is 19.0. The number of hydrogen-bond donors (Lipinski definition) is 3. The molecule has 3 heterocycles. The van der Waals surface area contributed by atoms with E-state index in [-0.39, 0.29) is 6.54 Å². The smallest absolute Gasteiger partial charge is 0.224 e. The van der Waals surface area contributed by atoms with Crippen LogP contribution in [0.5, 0.6) is 0 Å². The predicted octanol–water partition coefficient (Wildman–Crippen LogP) is 4.29. The molecule has 0 spiro atoms. The molecule has 1 aliphatic rings. The Hall–Kier alpha value is -2.89. The van der Waals surface area contributed by atoms with Crippen molar-refractivity contribution in [1.29, 1.82) is 0 Å². The van der Waals surface area contributed by atoms with Crippen molar-refractivity contribution in [3.05, 3.63) is 48.3 Å². The number of fused-ring (bicyclic) bond motifs is 2. The number of alkyl halides is 1. The van der Waals surface area contributed by atoms with Gasteiger partial charge in [-0.15, -0.1) is 0 Å². The highest BCUT2D eigenvalue weighted by atomic mass is 19.1. The molecule has 27 heavy (non-hydrogen) atoms. The van der Waals surface area contributed by atoms with Crippen molar-refractivity contribution >= 4 is 22.7 Å². The highest BCUT2D eigenvalue weighted by Gasteiger charge is 2.17. The van der Waals surface area contributed by atoms with Crippen LogP contribution in [0.3, 0.4) is 0 Å². The highest BCUT2D eigenvalue weighted by Crippen LogP contribution is 2.31. The molecular weight excluding hydrogens is 341 g/mol. The SMILES string of the molecule is C=C1NCCCc2cc(-c3c[nH]c4nc(NCC(C)(C)F)ncc34)ccc21. The van der Waals surface area contributed by atoms with E-state index in [4.69, 9.17) is 0 Å². The van der Waals surface area contributed by atoms with Crippen molar-refractivity contribution in [2.75, 3.05) is 18.4 Å². The summed E-state index contributed by atoms with van der Waals surface area (Å²) in [6, 6.07) is 6.47. The van der Waals surface area contributed by atoms with Crippen LogP contribution in [0, 0.1) is 0 Å². The van der Waals surface area contributed by atoms with E-state index < -0.39 is 5.67 Å². The summed E-state index contributed by atoms with van der Waals surface area (Å²) in [7, 11) is 0. The fraction of sp³-hybridized carbons (Fsp3) is 0.333. The summed E-state index contributed by atoms with van der Waals surface area (Å²) < 4.78 is 13.7. The average Bonchev–Trinajstić information content (AvgIpc) is 2.96. The van der Waals surface area contributed by atoms with Crippen molar-refractivity contribution in [2.45, 2.75) is 32.4 Å². The fourth-order valence-electron chi connectivity index (χ4n) is 3.40. The van der Waals surface area contributed by atoms with Crippen molar-refractivity contribution in [1.82, 2.24) is 20.3 Å². The number of nitrogens with zero attached hydrogens (tertiary/aromatic N) is 2. The van der Waals surface area contributed by atoms with Gasteiger partial charge < -0.3 is 15.6 Å². The molecule has 0 fully saturated rings. The minimum atomic E-state index is -1.32. The van der Waals surface area contributed by atoms with E-state index in [9.17, 15) is 4.39 Å². The zero-order valence-electron chi connectivity index (χ0n) is 15.7. The van der Waals surface area contributed by atoms with Crippen molar-refractivity contribution in [3.63, 3.8) is 0 Å². The average molecular weight is 365 g/mol. The van der Waals surface area contributed by atoms with Gasteiger partial charge in [0.1, 0.15) is 11.3 Å². The number of aromatic nitrogens is 3. The molecule has 5 nitrogen and oxygen atoms in total. The van der Waals surface area contributed by atoms with Crippen LogP contribution in [-0.2, 0) is 6.42 Å². The molecule has 0 atom stereocenters. The second kappa shape index (κ2) is 6.68. The molecule has 1 aromatic carbocycles. The summed E-state index contributed by atoms with van der Waals surface area (Å²) >= 11 is 0. The number of anilines is 1. The third kappa shape index (κ3) is 3.65. The lowest BCUT2D eigenvalue weighted by molar-refractivity contribution is 0.234. The Kier molecular flexibility index (Phi) is 4.34. The molecule has 0 bridgehead atoms. The molecule has 0 aliphatic carbocycles. The number of benzene rings is 1. The second-order valence-corrected chi connectivity index (χ2v) is 7.61. The number of aryl methyl sites for hydroxylation is 1. The van der Waals surface area contributed by atoms with Gasteiger partial charge in [0.15, 0.2) is 0 Å². The lowest BCUT2D eigenvalue weighted by Gasteiger charge is -2.14. The normalized spacial score (nSPS) is 14.6. The molecule has 2 aromatic heterocycles. The molecule has 0 radical (unpaired) electrons. The maximum atomic E-state index is 13.7. The Labute approximate surface area is 158 Å². The monoisotopic (exact) mass is 365 g/mol. The highest BCUT2D eigenvalue weighted by molar-refractivity contribution is 5.94. The van der Waals surface area contributed by atoms with Gasteiger partial charge in [-0.05, 0) is 37.8 Å². The largest absolute Gasteiger partial charge is 0.385 e. The van der Waals surface area contributed by atoms with E-state index in [0.717, 1.165) is 47.2 Å². The summed E-state index contributed by atoms with van der Waals surface area (Å²) in [6.07, 6.45) is 5.86. The van der Waals surface area contributed by atoms with Crippen molar-refractivity contribution in [2.24, 2.45) is 0 Å². The lowest BCUT2D eigenvalue weighted by atomic mass is 9.96. The number of hydrogen-bond acceptors (Lipinski definition) is 4. The van der Waals surface area contributed by atoms with Gasteiger partial charge in [0, 0.05) is 41.1 Å². The van der Waals surface area contributed by atoms with Crippen LogP contribution in [0.2, 0.25) is 0 Å². The first-order valence-electron chi connectivity index (χ1n) is 9.24. The van der Waals surface area contributed by atoms with E-state index >= 15 is 0 Å². The van der Waals surface area contributed by atoms with Gasteiger partial charge in [0.05, 0.1) is 6.54 Å². The summed E-state index contributed by atoms with van der Waals surface area (Å²) in [4.78, 5) is 12.0. The maximum Gasteiger partial charge on any atom is 0.224 e. The number of nitrogens with one attached hydrogen (secondary N) is 3. The Morgan fingerprint density at radius 1 is 1.30 bits per heavy atom. The molecule has 4 rings (SSSR count). The molecule has 0 unspecified atom stereocenters. The fourth-order valence-corrected chi connectivity index (χ4v) is 3.40. The maximum absolute atomic E-state index is 13.7. The summed E-state index contributed by atoms with van der Waals surface area (Å²) in [5.41, 5.74) is 5.09. The molecule has 140 valence electrons. The van der Waals surface area contributed by atoms with Gasteiger partial charge in [-0.25, -0.2) is 9.37 Å². The van der Waals surface area contributed by atoms with Gasteiger partial charge in [-0.1, -0.05) is 24.8 Å². The quantitative estimate of drug-likeness (QED) is 0.645. The Morgan fingerprint density at radius 3 is 2.96 bits per heavy atom. The van der Waals surface area contributed by atoms with Crippen LogP contribution in [0.4, 0.5) is 10.3 Å². The van der Waals surface area contributed by atoms with E-state index in [1.807, 2.05) is 6.20 Å². The first-order valence-corrected chi connectivity index (χ1v) is 9.24. The van der Waals surface area contributed by atoms with E-state index in [0.29, 0.717) is 5.95 Å². The Bertz CT molecular complexity index is 999. The number of halogens is 1. The Morgan fingerprint density at radius 2 is 2.15 bits per heavy atom. The van der Waals surface area contributed by atoms with Gasteiger partial charge in [0.2, 0.25) is 5.95 Å². The molecule has 1 aliphatic heterocycles. The third-order valence-corrected chi connectivity index (χ3v) is 4.80. The molecular formula is C21H24FN5. The van der Waals surface area contributed by atoms with Crippen LogP contribution in [0.1, 0.15) is 31.4 Å². The zero-order valence-corrected chi connectivity index (χ0v) is 15.7. The van der Waals surface area contributed by atoms with E-state index in [1.165, 1.54) is 25.0 Å². The summed E-state index contributed by atoms with van der Waals surface area (Å²) in [6.45, 7) is 8.29. The molecule has 0 saturated heterocycles. The van der Waals surface area contributed by atoms with Gasteiger partial charge in [-0.3, -0.25) is 0 Å². The molecule has 3 N–H and O–H groups in total.